The molecule has 0 radical (unpaired) electrons. The number of nitrogens with two attached hydrogens (primary N) is 1. The molecule has 94 valence electrons. The van der Waals surface area contributed by atoms with Crippen LogP contribution in [0.3, 0.4) is 0 Å². The van der Waals surface area contributed by atoms with Gasteiger partial charge in [0.1, 0.15) is 5.52 Å². The summed E-state index contributed by atoms with van der Waals surface area (Å²) in [6.45, 7) is 2.75. The largest absolute Gasteiger partial charge is 0.330 e. The van der Waals surface area contributed by atoms with Crippen molar-refractivity contribution in [2.75, 3.05) is 6.54 Å². The molecule has 0 fully saturated rings. The van der Waals surface area contributed by atoms with Crippen LogP contribution in [0.4, 0.5) is 0 Å². The highest BCUT2D eigenvalue weighted by Gasteiger charge is 2.13. The van der Waals surface area contributed by atoms with Crippen molar-refractivity contribution >= 4 is 32.7 Å². The lowest BCUT2D eigenvalue weighted by molar-refractivity contribution is 0.820. The maximum Gasteiger partial charge on any atom is 0.214 e. The fourth-order valence-electron chi connectivity index (χ4n) is 2.38. The van der Waals surface area contributed by atoms with Gasteiger partial charge in [-0.25, -0.2) is 4.98 Å². The lowest BCUT2D eigenvalue weighted by Gasteiger charge is -1.99. The van der Waals surface area contributed by atoms with E-state index in [1.165, 1.54) is 11.3 Å². The second-order valence-electron chi connectivity index (χ2n) is 4.61. The topological polar surface area (TPSA) is 48.2 Å². The van der Waals surface area contributed by atoms with E-state index in [1.54, 1.807) is 0 Å². The number of hydrogen-bond acceptors (Lipinski definition) is 2. The Kier molecular flexibility index (Phi) is 2.68. The highest BCUT2D eigenvalue weighted by atomic mass is 79.9. The SMILES string of the molecule is Cc1cc(Br)c2nc3n(C)c(CCN)cn3c2c1. The van der Waals surface area contributed by atoms with Crippen molar-refractivity contribution in [1.82, 2.24) is 14.0 Å². The van der Waals surface area contributed by atoms with Crippen LogP contribution in [-0.2, 0) is 13.5 Å². The van der Waals surface area contributed by atoms with Crippen molar-refractivity contribution in [3.8, 4) is 0 Å². The summed E-state index contributed by atoms with van der Waals surface area (Å²) in [7, 11) is 2.03. The molecule has 0 atom stereocenters. The molecule has 18 heavy (non-hydrogen) atoms. The molecule has 0 spiro atoms. The minimum Gasteiger partial charge on any atom is -0.330 e. The molecule has 5 heteroatoms. The van der Waals surface area contributed by atoms with Crippen molar-refractivity contribution in [3.05, 3.63) is 34.1 Å². The second kappa shape index (κ2) is 4.10. The number of aromatic nitrogens is 3. The van der Waals surface area contributed by atoms with Crippen LogP contribution >= 0.6 is 15.9 Å². The third kappa shape index (κ3) is 1.58. The van der Waals surface area contributed by atoms with Crippen molar-refractivity contribution in [1.29, 1.82) is 0 Å². The zero-order chi connectivity index (χ0) is 12.9. The van der Waals surface area contributed by atoms with Gasteiger partial charge in [0, 0.05) is 29.8 Å². The Morgan fingerprint density at radius 3 is 2.89 bits per heavy atom. The average molecular weight is 307 g/mol. The highest BCUT2D eigenvalue weighted by Crippen LogP contribution is 2.27. The average Bonchev–Trinajstić information content (AvgIpc) is 2.80. The summed E-state index contributed by atoms with van der Waals surface area (Å²) in [5.41, 5.74) is 10.2. The first-order chi connectivity index (χ1) is 8.61. The van der Waals surface area contributed by atoms with Crippen LogP contribution < -0.4 is 5.73 Å². The summed E-state index contributed by atoms with van der Waals surface area (Å²) in [6, 6.07) is 4.25. The van der Waals surface area contributed by atoms with Gasteiger partial charge in [-0.3, -0.25) is 4.40 Å². The second-order valence-corrected chi connectivity index (χ2v) is 5.47. The van der Waals surface area contributed by atoms with E-state index in [1.807, 2.05) is 7.05 Å². The van der Waals surface area contributed by atoms with Crippen LogP contribution in [0, 0.1) is 6.92 Å². The Hall–Kier alpha value is -1.33. The maximum atomic E-state index is 5.63. The van der Waals surface area contributed by atoms with Crippen LogP contribution in [0.1, 0.15) is 11.3 Å². The van der Waals surface area contributed by atoms with Gasteiger partial charge in [0.25, 0.3) is 0 Å². The molecule has 0 aliphatic carbocycles. The summed E-state index contributed by atoms with van der Waals surface area (Å²) < 4.78 is 5.29. The van der Waals surface area contributed by atoms with Gasteiger partial charge < -0.3 is 10.3 Å². The molecule has 0 bridgehead atoms. The lowest BCUT2D eigenvalue weighted by atomic mass is 10.2. The summed E-state index contributed by atoms with van der Waals surface area (Å²) in [5.74, 6) is 0.958. The van der Waals surface area contributed by atoms with Crippen LogP contribution in [0.15, 0.2) is 22.8 Å². The van der Waals surface area contributed by atoms with Crippen LogP contribution in [0.2, 0.25) is 0 Å². The molecular weight excluding hydrogens is 292 g/mol. The first-order valence-electron chi connectivity index (χ1n) is 5.94. The minimum absolute atomic E-state index is 0.654. The summed E-state index contributed by atoms with van der Waals surface area (Å²) >= 11 is 3.58. The Balaban J connectivity index is 2.38. The molecule has 0 amide bonds. The standard InChI is InChI=1S/C13H15BrN4/c1-8-5-10(14)12-11(6-8)18-7-9(3-4-15)17(2)13(18)16-12/h5-7H,3-4,15H2,1-2H3. The number of aryl methyl sites for hydroxylation is 2. The number of hydrogen-bond donors (Lipinski definition) is 1. The van der Waals surface area contributed by atoms with Gasteiger partial charge in [0.15, 0.2) is 0 Å². The Morgan fingerprint density at radius 2 is 2.17 bits per heavy atom. The van der Waals surface area contributed by atoms with E-state index < -0.39 is 0 Å². The Morgan fingerprint density at radius 1 is 1.39 bits per heavy atom. The van der Waals surface area contributed by atoms with Crippen LogP contribution in [-0.4, -0.2) is 20.5 Å². The number of imidazole rings is 2. The Labute approximate surface area is 114 Å². The monoisotopic (exact) mass is 306 g/mol. The third-order valence-corrected chi connectivity index (χ3v) is 3.89. The molecular formula is C13H15BrN4. The van der Waals surface area contributed by atoms with Gasteiger partial charge in [0.2, 0.25) is 5.78 Å². The van der Waals surface area contributed by atoms with Crippen molar-refractivity contribution in [2.24, 2.45) is 12.8 Å². The summed E-state index contributed by atoms with van der Waals surface area (Å²) in [4.78, 5) is 4.70. The van der Waals surface area contributed by atoms with E-state index >= 15 is 0 Å². The summed E-state index contributed by atoms with van der Waals surface area (Å²) in [6.07, 6.45) is 3.00. The lowest BCUT2D eigenvalue weighted by Crippen LogP contribution is -2.06. The molecule has 3 aromatic rings. The van der Waals surface area contributed by atoms with E-state index in [4.69, 9.17) is 10.7 Å². The van der Waals surface area contributed by atoms with Crippen LogP contribution in [0.5, 0.6) is 0 Å². The van der Waals surface area contributed by atoms with Gasteiger partial charge in [-0.2, -0.15) is 0 Å². The molecule has 0 saturated carbocycles. The molecule has 2 N–H and O–H groups in total. The quantitative estimate of drug-likeness (QED) is 0.790. The number of fused-ring (bicyclic) bond motifs is 3. The van der Waals surface area contributed by atoms with Crippen molar-refractivity contribution < 1.29 is 0 Å². The van der Waals surface area contributed by atoms with Gasteiger partial charge in [-0.1, -0.05) is 0 Å². The van der Waals surface area contributed by atoms with E-state index in [9.17, 15) is 0 Å². The van der Waals surface area contributed by atoms with Gasteiger partial charge in [-0.15, -0.1) is 0 Å². The first-order valence-corrected chi connectivity index (χ1v) is 6.73. The zero-order valence-corrected chi connectivity index (χ0v) is 12.0. The zero-order valence-electron chi connectivity index (χ0n) is 10.4. The van der Waals surface area contributed by atoms with Gasteiger partial charge in [0.05, 0.1) is 5.52 Å². The molecule has 0 unspecified atom stereocenters. The number of nitrogens with zero attached hydrogens (tertiary/aromatic N) is 3. The van der Waals surface area contributed by atoms with Crippen molar-refractivity contribution in [2.45, 2.75) is 13.3 Å². The normalized spacial score (nSPS) is 11.8. The first kappa shape index (κ1) is 11.7. The molecule has 0 aliphatic rings. The predicted octanol–water partition coefficient (Wildman–Crippen LogP) is 2.40. The molecule has 2 aromatic heterocycles. The predicted molar refractivity (Wildman–Crippen MR) is 76.9 cm³/mol. The maximum absolute atomic E-state index is 5.63. The molecule has 0 saturated heterocycles. The fraction of sp³-hybridized carbons (Fsp3) is 0.308. The Bertz CT molecular complexity index is 738. The smallest absolute Gasteiger partial charge is 0.214 e. The molecule has 0 aliphatic heterocycles. The van der Waals surface area contributed by atoms with Gasteiger partial charge in [-0.05, 0) is 47.1 Å². The van der Waals surface area contributed by atoms with E-state index in [2.05, 4.69) is 50.2 Å². The van der Waals surface area contributed by atoms with E-state index in [-0.39, 0.29) is 0 Å². The molecule has 2 heterocycles. The van der Waals surface area contributed by atoms with E-state index in [0.717, 1.165) is 27.7 Å². The molecule has 4 nitrogen and oxygen atoms in total. The van der Waals surface area contributed by atoms with Gasteiger partial charge >= 0.3 is 0 Å². The summed E-state index contributed by atoms with van der Waals surface area (Å²) in [5, 5.41) is 0. The van der Waals surface area contributed by atoms with Crippen LogP contribution in [0.25, 0.3) is 16.8 Å². The minimum atomic E-state index is 0.654. The highest BCUT2D eigenvalue weighted by molar-refractivity contribution is 9.10. The molecule has 3 rings (SSSR count). The fourth-order valence-corrected chi connectivity index (χ4v) is 3.03. The van der Waals surface area contributed by atoms with E-state index in [0.29, 0.717) is 6.54 Å². The number of halogens is 1. The third-order valence-electron chi connectivity index (χ3n) is 3.28. The number of rotatable bonds is 2. The molecule has 1 aromatic carbocycles. The number of benzene rings is 1. The van der Waals surface area contributed by atoms with Crippen molar-refractivity contribution in [3.63, 3.8) is 0 Å².